The molecular weight excluding hydrogens is 231 g/mol. The molecule has 0 amide bonds. The molecule has 0 spiro atoms. The third kappa shape index (κ3) is 2.76. The number of hydrogen-bond donors (Lipinski definition) is 1. The van der Waals surface area contributed by atoms with E-state index in [0.717, 1.165) is 0 Å². The van der Waals surface area contributed by atoms with Gasteiger partial charge in [-0.05, 0) is 21.1 Å². The van der Waals surface area contributed by atoms with Crippen molar-refractivity contribution < 1.29 is 14.4 Å². The molecule has 1 aromatic heterocycles. The summed E-state index contributed by atoms with van der Waals surface area (Å²) < 4.78 is 4.36. The smallest absolute Gasteiger partial charge is 0.394 e. The first-order chi connectivity index (χ1) is 4.20. The molecule has 0 fully saturated rings. The average molecular weight is 232 g/mol. The van der Waals surface area contributed by atoms with Crippen LogP contribution in [0.3, 0.4) is 0 Å². The van der Waals surface area contributed by atoms with Gasteiger partial charge in [0.2, 0.25) is 4.73 Å². The van der Waals surface area contributed by atoms with E-state index < -0.39 is 11.9 Å². The minimum absolute atomic E-state index is 0. The van der Waals surface area contributed by atoms with Gasteiger partial charge in [0.1, 0.15) is 0 Å². The number of aromatic carboxylic acids is 1. The van der Waals surface area contributed by atoms with Gasteiger partial charge in [-0.3, -0.25) is 0 Å². The molecule has 0 aliphatic carbocycles. The van der Waals surface area contributed by atoms with Crippen molar-refractivity contribution in [3.8, 4) is 0 Å². The zero-order valence-electron chi connectivity index (χ0n) is 5.04. The Hall–Kier alpha value is 0.726. The van der Waals surface area contributed by atoms with Crippen molar-refractivity contribution in [2.75, 3.05) is 0 Å². The van der Waals surface area contributed by atoms with Crippen LogP contribution in [0.2, 0.25) is 0 Å². The average Bonchev–Trinajstić information content (AvgIpc) is 2.14. The molecule has 10 heavy (non-hydrogen) atoms. The molecule has 0 aliphatic rings. The maximum atomic E-state index is 10.00. The number of aromatic nitrogens is 2. The standard InChI is InChI=1S/C3HBrN2O3.K/c4-3-5-1(2(7)8)9-6-3;/h(H,7,8);. The Morgan fingerprint density at radius 3 is 2.50 bits per heavy atom. The monoisotopic (exact) mass is 231 g/mol. The summed E-state index contributed by atoms with van der Waals surface area (Å²) in [7, 11) is 0. The van der Waals surface area contributed by atoms with Crippen LogP contribution in [0.1, 0.15) is 10.7 Å². The van der Waals surface area contributed by atoms with Gasteiger partial charge in [0.05, 0.1) is 0 Å². The Labute approximate surface area is 107 Å². The first kappa shape index (κ1) is 10.7. The molecule has 1 rings (SSSR count). The predicted octanol–water partition coefficient (Wildman–Crippen LogP) is 0.149. The number of rotatable bonds is 1. The first-order valence-corrected chi connectivity index (χ1v) is 2.72. The van der Waals surface area contributed by atoms with E-state index >= 15 is 0 Å². The number of carbonyl (C=O) groups is 1. The van der Waals surface area contributed by atoms with Crippen molar-refractivity contribution in [3.05, 3.63) is 10.6 Å². The molecule has 1 radical (unpaired) electrons. The van der Waals surface area contributed by atoms with Crippen molar-refractivity contribution >= 4 is 73.3 Å². The van der Waals surface area contributed by atoms with Crippen LogP contribution >= 0.6 is 15.9 Å². The molecule has 49 valence electrons. The van der Waals surface area contributed by atoms with Crippen molar-refractivity contribution in [2.45, 2.75) is 0 Å². The fourth-order valence-electron chi connectivity index (χ4n) is 0.292. The largest absolute Gasteiger partial charge is 0.474 e. The van der Waals surface area contributed by atoms with E-state index in [1.54, 1.807) is 0 Å². The summed E-state index contributed by atoms with van der Waals surface area (Å²) in [5.41, 5.74) is 0. The summed E-state index contributed by atoms with van der Waals surface area (Å²) in [5, 5.41) is 11.4. The molecule has 1 N–H and O–H groups in total. The Kier molecular flexibility index (Phi) is 4.91. The Balaban J connectivity index is 0.000000810. The normalized spacial score (nSPS) is 8.50. The molecule has 1 heterocycles. The van der Waals surface area contributed by atoms with E-state index in [4.69, 9.17) is 5.11 Å². The van der Waals surface area contributed by atoms with Crippen LogP contribution in [0.25, 0.3) is 0 Å². The van der Waals surface area contributed by atoms with Crippen LogP contribution in [0.5, 0.6) is 0 Å². The summed E-state index contributed by atoms with van der Waals surface area (Å²) in [6.45, 7) is 0. The van der Waals surface area contributed by atoms with Crippen LogP contribution < -0.4 is 0 Å². The molecule has 0 aromatic carbocycles. The Morgan fingerprint density at radius 1 is 1.70 bits per heavy atom. The second kappa shape index (κ2) is 4.57. The number of carboxylic acid groups (broad SMARTS) is 1. The zero-order chi connectivity index (χ0) is 6.85. The van der Waals surface area contributed by atoms with Gasteiger partial charge in [0.15, 0.2) is 0 Å². The second-order valence-electron chi connectivity index (χ2n) is 1.17. The van der Waals surface area contributed by atoms with Crippen molar-refractivity contribution in [2.24, 2.45) is 0 Å². The van der Waals surface area contributed by atoms with Gasteiger partial charge in [0, 0.05) is 51.4 Å². The Morgan fingerprint density at radius 2 is 2.30 bits per heavy atom. The zero-order valence-corrected chi connectivity index (χ0v) is 9.75. The summed E-state index contributed by atoms with van der Waals surface area (Å²) in [5.74, 6) is -1.64. The summed E-state index contributed by atoms with van der Waals surface area (Å²) in [6, 6.07) is 0. The molecular formula is C3HBrKN2O3. The van der Waals surface area contributed by atoms with Crippen LogP contribution in [0, 0.1) is 0 Å². The summed E-state index contributed by atoms with van der Waals surface area (Å²) in [4.78, 5) is 13.3. The molecule has 5 nitrogen and oxygen atoms in total. The minimum atomic E-state index is -1.23. The van der Waals surface area contributed by atoms with E-state index in [2.05, 4.69) is 30.6 Å². The fourth-order valence-corrected chi connectivity index (χ4v) is 0.526. The van der Waals surface area contributed by atoms with Gasteiger partial charge in [-0.25, -0.2) is 4.79 Å². The number of halogens is 1. The Bertz CT molecular complexity index is 237. The minimum Gasteiger partial charge on any atom is -0.474 e. The number of hydrogen-bond acceptors (Lipinski definition) is 4. The van der Waals surface area contributed by atoms with Crippen LogP contribution in [0.4, 0.5) is 0 Å². The van der Waals surface area contributed by atoms with Crippen LogP contribution in [-0.4, -0.2) is 72.6 Å². The molecule has 0 bridgehead atoms. The van der Waals surface area contributed by atoms with Gasteiger partial charge in [-0.15, -0.1) is 0 Å². The molecule has 1 aromatic rings. The first-order valence-electron chi connectivity index (χ1n) is 1.92. The summed E-state index contributed by atoms with van der Waals surface area (Å²) >= 11 is 2.82. The molecule has 0 unspecified atom stereocenters. The van der Waals surface area contributed by atoms with E-state index in [1.807, 2.05) is 0 Å². The SMILES string of the molecule is O=C(O)c1nc(Br)no1.[K]. The molecule has 7 heteroatoms. The van der Waals surface area contributed by atoms with E-state index in [1.165, 1.54) is 0 Å². The topological polar surface area (TPSA) is 76.2 Å². The van der Waals surface area contributed by atoms with E-state index in [0.29, 0.717) is 0 Å². The third-order valence-corrected chi connectivity index (χ3v) is 0.906. The van der Waals surface area contributed by atoms with Crippen LogP contribution in [0.15, 0.2) is 9.26 Å². The van der Waals surface area contributed by atoms with Gasteiger partial charge < -0.3 is 9.63 Å². The molecule has 0 saturated carbocycles. The third-order valence-electron chi connectivity index (χ3n) is 0.584. The van der Waals surface area contributed by atoms with Crippen LogP contribution in [-0.2, 0) is 0 Å². The second-order valence-corrected chi connectivity index (χ2v) is 1.88. The van der Waals surface area contributed by atoms with Gasteiger partial charge in [0.25, 0.3) is 0 Å². The summed E-state index contributed by atoms with van der Waals surface area (Å²) in [6.07, 6.45) is 0. The van der Waals surface area contributed by atoms with Gasteiger partial charge in [-0.1, -0.05) is 0 Å². The number of nitrogens with zero attached hydrogens (tertiary/aromatic N) is 2. The molecule has 0 aliphatic heterocycles. The maximum absolute atomic E-state index is 10.00. The van der Waals surface area contributed by atoms with Gasteiger partial charge >= 0.3 is 11.9 Å². The van der Waals surface area contributed by atoms with E-state index in [-0.39, 0.29) is 56.1 Å². The van der Waals surface area contributed by atoms with Gasteiger partial charge in [-0.2, -0.15) is 4.98 Å². The molecule has 0 atom stereocenters. The van der Waals surface area contributed by atoms with E-state index in [9.17, 15) is 4.79 Å². The quantitative estimate of drug-likeness (QED) is 0.697. The van der Waals surface area contributed by atoms with Crippen molar-refractivity contribution in [1.82, 2.24) is 10.1 Å². The number of carboxylic acids is 1. The predicted molar refractivity (Wildman–Crippen MR) is 34.7 cm³/mol. The fraction of sp³-hybridized carbons (Fsp3) is 0. The van der Waals surface area contributed by atoms with Crippen molar-refractivity contribution in [1.29, 1.82) is 0 Å². The van der Waals surface area contributed by atoms with Crippen molar-refractivity contribution in [3.63, 3.8) is 0 Å². The maximum Gasteiger partial charge on any atom is 0.394 e. The molecule has 0 saturated heterocycles.